The summed E-state index contributed by atoms with van der Waals surface area (Å²) in [6, 6.07) is 6.10. The van der Waals surface area contributed by atoms with Crippen LogP contribution in [0.15, 0.2) is 24.4 Å². The molecule has 0 bridgehead atoms. The largest absolute Gasteiger partial charge is 0.354 e. The molecule has 9 heteroatoms. The van der Waals surface area contributed by atoms with E-state index in [1.807, 2.05) is 18.3 Å². The van der Waals surface area contributed by atoms with Crippen LogP contribution in [-0.4, -0.2) is 73.0 Å². The first-order valence-corrected chi connectivity index (χ1v) is 9.62. The number of rotatable bonds is 6. The van der Waals surface area contributed by atoms with Crippen molar-refractivity contribution in [2.24, 2.45) is 11.7 Å². The molecule has 1 unspecified atom stereocenters. The van der Waals surface area contributed by atoms with Crippen LogP contribution in [0, 0.1) is 5.92 Å². The SMILES string of the molecule is Cl.Cl.Cl.NCCCC(=O)N1CCCC(CN2CCN(c3ccccn3)CC2)C1. The zero-order chi connectivity index (χ0) is 17.5. The highest BCUT2D eigenvalue weighted by molar-refractivity contribution is 5.86. The summed E-state index contributed by atoms with van der Waals surface area (Å²) < 4.78 is 0. The van der Waals surface area contributed by atoms with Crippen molar-refractivity contribution in [2.75, 3.05) is 57.3 Å². The lowest BCUT2D eigenvalue weighted by molar-refractivity contribution is -0.133. The zero-order valence-corrected chi connectivity index (χ0v) is 18.8. The van der Waals surface area contributed by atoms with Crippen LogP contribution in [0.5, 0.6) is 0 Å². The summed E-state index contributed by atoms with van der Waals surface area (Å²) in [5, 5.41) is 0. The van der Waals surface area contributed by atoms with Gasteiger partial charge in [0.1, 0.15) is 5.82 Å². The standard InChI is InChI=1S/C19H31N5O.3ClH/c20-8-3-7-19(25)24-10-4-5-17(16-24)15-22-11-13-23(14-12-22)18-6-1-2-9-21-18;;;/h1-2,6,9,17H,3-5,7-8,10-16,20H2;3*1H. The normalized spacial score (nSPS) is 19.8. The lowest BCUT2D eigenvalue weighted by Gasteiger charge is -2.39. The number of nitrogens with two attached hydrogens (primary N) is 1. The van der Waals surface area contributed by atoms with E-state index < -0.39 is 0 Å². The molecular weight excluding hydrogens is 421 g/mol. The Bertz CT molecular complexity index is 544. The molecule has 2 saturated heterocycles. The molecule has 0 aliphatic carbocycles. The van der Waals surface area contributed by atoms with E-state index in [1.165, 1.54) is 6.42 Å². The van der Waals surface area contributed by atoms with Crippen molar-refractivity contribution in [3.8, 4) is 0 Å². The maximum atomic E-state index is 12.2. The molecule has 1 aromatic rings. The number of pyridine rings is 1. The summed E-state index contributed by atoms with van der Waals surface area (Å²) in [5.74, 6) is 1.98. The first-order chi connectivity index (χ1) is 12.3. The maximum absolute atomic E-state index is 12.2. The third-order valence-electron chi connectivity index (χ3n) is 5.33. The number of likely N-dealkylation sites (tertiary alicyclic amines) is 1. The zero-order valence-electron chi connectivity index (χ0n) is 16.4. The molecule has 1 amide bonds. The second-order valence-electron chi connectivity index (χ2n) is 7.22. The predicted molar refractivity (Wildman–Crippen MR) is 122 cm³/mol. The van der Waals surface area contributed by atoms with E-state index in [-0.39, 0.29) is 43.1 Å². The molecule has 162 valence electrons. The van der Waals surface area contributed by atoms with Crippen molar-refractivity contribution >= 4 is 48.9 Å². The molecule has 2 aliphatic rings. The van der Waals surface area contributed by atoms with Gasteiger partial charge in [0, 0.05) is 58.4 Å². The van der Waals surface area contributed by atoms with Crippen LogP contribution < -0.4 is 10.6 Å². The summed E-state index contributed by atoms with van der Waals surface area (Å²) >= 11 is 0. The van der Waals surface area contributed by atoms with Crippen molar-refractivity contribution in [3.63, 3.8) is 0 Å². The van der Waals surface area contributed by atoms with E-state index in [2.05, 4.69) is 25.8 Å². The Morgan fingerprint density at radius 3 is 2.50 bits per heavy atom. The summed E-state index contributed by atoms with van der Waals surface area (Å²) in [5.41, 5.74) is 5.52. The lowest BCUT2D eigenvalue weighted by atomic mass is 9.96. The van der Waals surface area contributed by atoms with Gasteiger partial charge in [-0.15, -0.1) is 37.2 Å². The molecule has 0 saturated carbocycles. The van der Waals surface area contributed by atoms with Crippen LogP contribution in [0.2, 0.25) is 0 Å². The molecule has 28 heavy (non-hydrogen) atoms. The molecule has 2 N–H and O–H groups in total. The summed E-state index contributed by atoms with van der Waals surface area (Å²) in [6.07, 6.45) is 5.63. The van der Waals surface area contributed by atoms with Gasteiger partial charge in [-0.2, -0.15) is 0 Å². The average Bonchev–Trinajstić information content (AvgIpc) is 2.67. The van der Waals surface area contributed by atoms with Crippen LogP contribution in [0.4, 0.5) is 5.82 Å². The van der Waals surface area contributed by atoms with Crippen molar-refractivity contribution in [1.82, 2.24) is 14.8 Å². The monoisotopic (exact) mass is 453 g/mol. The third kappa shape index (κ3) is 7.91. The number of carbonyl (C=O) groups excluding carboxylic acids is 1. The minimum Gasteiger partial charge on any atom is -0.354 e. The molecule has 0 aromatic carbocycles. The van der Waals surface area contributed by atoms with Gasteiger partial charge in [-0.3, -0.25) is 9.69 Å². The number of amides is 1. The van der Waals surface area contributed by atoms with E-state index in [9.17, 15) is 4.79 Å². The molecule has 3 rings (SSSR count). The highest BCUT2D eigenvalue weighted by atomic mass is 35.5. The number of piperazine rings is 1. The van der Waals surface area contributed by atoms with Gasteiger partial charge in [0.25, 0.3) is 0 Å². The second kappa shape index (κ2) is 14.2. The Morgan fingerprint density at radius 1 is 1.11 bits per heavy atom. The Labute approximate surface area is 187 Å². The number of aromatic nitrogens is 1. The number of anilines is 1. The molecule has 2 aliphatic heterocycles. The fraction of sp³-hybridized carbons (Fsp3) is 0.684. The van der Waals surface area contributed by atoms with E-state index in [1.54, 1.807) is 0 Å². The van der Waals surface area contributed by atoms with Crippen LogP contribution in [0.25, 0.3) is 0 Å². The molecule has 6 nitrogen and oxygen atoms in total. The molecular formula is C19H34Cl3N5O. The van der Waals surface area contributed by atoms with E-state index in [0.29, 0.717) is 18.9 Å². The Hall–Kier alpha value is -0.790. The van der Waals surface area contributed by atoms with E-state index in [4.69, 9.17) is 5.73 Å². The highest BCUT2D eigenvalue weighted by Gasteiger charge is 2.26. The van der Waals surface area contributed by atoms with Crippen LogP contribution in [-0.2, 0) is 4.79 Å². The van der Waals surface area contributed by atoms with E-state index in [0.717, 1.165) is 64.5 Å². The van der Waals surface area contributed by atoms with E-state index >= 15 is 0 Å². The number of halogens is 3. The Kier molecular flexibility index (Phi) is 13.8. The molecule has 1 aromatic heterocycles. The predicted octanol–water partition coefficient (Wildman–Crippen LogP) is 2.45. The Morgan fingerprint density at radius 2 is 1.86 bits per heavy atom. The van der Waals surface area contributed by atoms with Gasteiger partial charge in [-0.05, 0) is 43.9 Å². The van der Waals surface area contributed by atoms with Gasteiger partial charge < -0.3 is 15.5 Å². The van der Waals surface area contributed by atoms with Crippen molar-refractivity contribution < 1.29 is 4.79 Å². The fourth-order valence-corrected chi connectivity index (χ4v) is 3.92. The smallest absolute Gasteiger partial charge is 0.222 e. The van der Waals surface area contributed by atoms with Gasteiger partial charge in [0.05, 0.1) is 0 Å². The number of hydrogen-bond acceptors (Lipinski definition) is 5. The molecule has 3 heterocycles. The summed E-state index contributed by atoms with van der Waals surface area (Å²) in [4.78, 5) is 23.7. The molecule has 2 fully saturated rings. The van der Waals surface area contributed by atoms with Gasteiger partial charge in [0.2, 0.25) is 5.91 Å². The molecule has 0 radical (unpaired) electrons. The van der Waals surface area contributed by atoms with Gasteiger partial charge in [-0.25, -0.2) is 4.98 Å². The first-order valence-electron chi connectivity index (χ1n) is 9.62. The molecule has 0 spiro atoms. The lowest BCUT2D eigenvalue weighted by Crippen LogP contribution is -2.50. The second-order valence-corrected chi connectivity index (χ2v) is 7.22. The summed E-state index contributed by atoms with van der Waals surface area (Å²) in [7, 11) is 0. The number of hydrogen-bond donors (Lipinski definition) is 1. The van der Waals surface area contributed by atoms with Crippen molar-refractivity contribution in [3.05, 3.63) is 24.4 Å². The first kappa shape index (κ1) is 27.2. The van der Waals surface area contributed by atoms with Crippen LogP contribution >= 0.6 is 37.2 Å². The van der Waals surface area contributed by atoms with Gasteiger partial charge in [0.15, 0.2) is 0 Å². The van der Waals surface area contributed by atoms with Gasteiger partial charge in [-0.1, -0.05) is 6.07 Å². The average molecular weight is 455 g/mol. The number of nitrogens with zero attached hydrogens (tertiary/aromatic N) is 4. The minimum absolute atomic E-state index is 0. The van der Waals surface area contributed by atoms with Crippen LogP contribution in [0.1, 0.15) is 25.7 Å². The fourth-order valence-electron chi connectivity index (χ4n) is 3.92. The quantitative estimate of drug-likeness (QED) is 0.715. The highest BCUT2D eigenvalue weighted by Crippen LogP contribution is 2.20. The number of piperidine rings is 1. The number of carbonyl (C=O) groups is 1. The third-order valence-corrected chi connectivity index (χ3v) is 5.33. The maximum Gasteiger partial charge on any atom is 0.222 e. The molecule has 1 atom stereocenters. The van der Waals surface area contributed by atoms with Gasteiger partial charge >= 0.3 is 0 Å². The Balaban J connectivity index is 0.00000243. The topological polar surface area (TPSA) is 65.7 Å². The van der Waals surface area contributed by atoms with Crippen molar-refractivity contribution in [2.45, 2.75) is 25.7 Å². The summed E-state index contributed by atoms with van der Waals surface area (Å²) in [6.45, 7) is 7.77. The minimum atomic E-state index is 0. The van der Waals surface area contributed by atoms with Crippen molar-refractivity contribution in [1.29, 1.82) is 0 Å². The van der Waals surface area contributed by atoms with Crippen LogP contribution in [0.3, 0.4) is 0 Å².